The van der Waals surface area contributed by atoms with E-state index < -0.39 is 7.82 Å². The van der Waals surface area contributed by atoms with Gasteiger partial charge in [-0.3, -0.25) is 4.57 Å². The maximum Gasteiger partial charge on any atom is 0.268 e. The average Bonchev–Trinajstić information content (AvgIpc) is 2.76. The Morgan fingerprint density at radius 1 is 0.697 bits per heavy atom. The normalized spacial score (nSPS) is 18.4. The Morgan fingerprint density at radius 2 is 1.06 bits per heavy atom. The molecule has 1 unspecified atom stereocenters. The van der Waals surface area contributed by atoms with Gasteiger partial charge in [-0.1, -0.05) is 116 Å². The number of phosphoric acid groups is 1. The summed E-state index contributed by atoms with van der Waals surface area (Å²) in [6, 6.07) is 0. The van der Waals surface area contributed by atoms with Crippen LogP contribution in [0.5, 0.6) is 0 Å². The van der Waals surface area contributed by atoms with Gasteiger partial charge < -0.3 is 18.4 Å². The first-order valence-corrected chi connectivity index (χ1v) is 15.8. The van der Waals surface area contributed by atoms with E-state index in [4.69, 9.17) is 9.05 Å². The molecule has 198 valence electrons. The molecule has 6 heteroatoms. The number of likely N-dealkylation sites (tertiary alicyclic amines) is 1. The van der Waals surface area contributed by atoms with Crippen LogP contribution in [0.4, 0.5) is 0 Å². The lowest BCUT2D eigenvalue weighted by molar-refractivity contribution is -0.896. The Bertz CT molecular complexity index is 491. The van der Waals surface area contributed by atoms with Crippen molar-refractivity contribution in [3.05, 3.63) is 0 Å². The van der Waals surface area contributed by atoms with Crippen molar-refractivity contribution >= 4 is 7.82 Å². The topological polar surface area (TPSA) is 58.6 Å². The number of piperidine rings is 1. The summed E-state index contributed by atoms with van der Waals surface area (Å²) in [7, 11) is 0.185. The van der Waals surface area contributed by atoms with Crippen LogP contribution in [0.1, 0.15) is 135 Å². The quantitative estimate of drug-likeness (QED) is 0.0885. The lowest BCUT2D eigenvalue weighted by atomic mass is 10.0. The van der Waals surface area contributed by atoms with Crippen molar-refractivity contribution in [3.8, 4) is 0 Å². The van der Waals surface area contributed by atoms with E-state index in [9.17, 15) is 9.46 Å². The first-order chi connectivity index (χ1) is 15.8. The fraction of sp³-hybridized carbons (Fsp3) is 1.00. The maximum absolute atomic E-state index is 12.0. The van der Waals surface area contributed by atoms with E-state index in [-0.39, 0.29) is 12.7 Å². The van der Waals surface area contributed by atoms with Crippen molar-refractivity contribution in [3.63, 3.8) is 0 Å². The summed E-state index contributed by atoms with van der Waals surface area (Å²) in [4.78, 5) is 12.0. The molecule has 0 spiro atoms. The highest BCUT2D eigenvalue weighted by atomic mass is 31.2. The van der Waals surface area contributed by atoms with E-state index >= 15 is 0 Å². The molecule has 1 aliphatic heterocycles. The predicted molar refractivity (Wildman–Crippen MR) is 138 cm³/mol. The van der Waals surface area contributed by atoms with Crippen molar-refractivity contribution in [1.82, 2.24) is 0 Å². The summed E-state index contributed by atoms with van der Waals surface area (Å²) in [5.74, 6) is 0. The fourth-order valence-electron chi connectivity index (χ4n) is 4.74. The van der Waals surface area contributed by atoms with Crippen molar-refractivity contribution in [2.75, 3.05) is 33.8 Å². The molecule has 5 nitrogen and oxygen atoms in total. The first-order valence-electron chi connectivity index (χ1n) is 14.3. The zero-order chi connectivity index (χ0) is 24.3. The van der Waals surface area contributed by atoms with E-state index in [1.54, 1.807) is 0 Å². The number of rotatable bonds is 22. The number of quaternary nitrogens is 1. The molecule has 1 atom stereocenters. The van der Waals surface area contributed by atoms with Crippen LogP contribution in [0.15, 0.2) is 0 Å². The van der Waals surface area contributed by atoms with E-state index in [2.05, 4.69) is 21.0 Å². The molecule has 1 heterocycles. The van der Waals surface area contributed by atoms with Gasteiger partial charge in [0.25, 0.3) is 7.82 Å². The molecule has 0 aliphatic carbocycles. The number of nitrogens with zero attached hydrogens (tertiary/aromatic N) is 1. The smallest absolute Gasteiger partial charge is 0.268 e. The molecule has 0 aromatic carbocycles. The van der Waals surface area contributed by atoms with Gasteiger partial charge in [0, 0.05) is 12.8 Å². The van der Waals surface area contributed by atoms with Crippen LogP contribution in [0.3, 0.4) is 0 Å². The molecule has 0 aromatic rings. The standard InChI is InChI=1S/C27H56NO4P/c1-4-5-6-7-8-9-10-11-12-13-14-15-16-17-18-19-20-21-26-31-33(29,30)32-27-22-24-28(2,3)25-23-27/h27H,4-26H2,1-3H3. The molecule has 0 amide bonds. The lowest BCUT2D eigenvalue weighted by Gasteiger charge is -2.38. The van der Waals surface area contributed by atoms with Gasteiger partial charge in [-0.15, -0.1) is 0 Å². The van der Waals surface area contributed by atoms with E-state index in [1.807, 2.05) is 0 Å². The van der Waals surface area contributed by atoms with E-state index in [0.717, 1.165) is 43.3 Å². The Morgan fingerprint density at radius 3 is 1.45 bits per heavy atom. The zero-order valence-corrected chi connectivity index (χ0v) is 23.3. The molecule has 1 fully saturated rings. The number of hydrogen-bond acceptors (Lipinski definition) is 4. The van der Waals surface area contributed by atoms with Gasteiger partial charge in [0.15, 0.2) is 0 Å². The summed E-state index contributed by atoms with van der Waals surface area (Å²) in [6.45, 7) is 4.43. The molecule has 33 heavy (non-hydrogen) atoms. The highest BCUT2D eigenvalue weighted by Crippen LogP contribution is 2.42. The van der Waals surface area contributed by atoms with Gasteiger partial charge in [-0.2, -0.15) is 0 Å². The van der Waals surface area contributed by atoms with Crippen LogP contribution in [0.25, 0.3) is 0 Å². The molecule has 0 aromatic heterocycles. The largest absolute Gasteiger partial charge is 0.756 e. The highest BCUT2D eigenvalue weighted by molar-refractivity contribution is 7.45. The summed E-state index contributed by atoms with van der Waals surface area (Å²) >= 11 is 0. The van der Waals surface area contributed by atoms with Crippen LogP contribution in [0.2, 0.25) is 0 Å². The molecular weight excluding hydrogens is 433 g/mol. The second kappa shape index (κ2) is 19.3. The van der Waals surface area contributed by atoms with Gasteiger partial charge in [0.2, 0.25) is 0 Å². The van der Waals surface area contributed by atoms with Crippen molar-refractivity contribution in [2.45, 2.75) is 141 Å². The summed E-state index contributed by atoms with van der Waals surface area (Å²) in [6.07, 6.45) is 25.2. The van der Waals surface area contributed by atoms with E-state index in [0.29, 0.717) is 0 Å². The Balaban J connectivity index is 1.80. The third-order valence-corrected chi connectivity index (χ3v) is 8.19. The Kier molecular flexibility index (Phi) is 18.2. The molecule has 0 bridgehead atoms. The molecule has 0 N–H and O–H groups in total. The number of hydrogen-bond donors (Lipinski definition) is 0. The van der Waals surface area contributed by atoms with Crippen LogP contribution in [-0.4, -0.2) is 44.4 Å². The Hall–Kier alpha value is 0.0700. The van der Waals surface area contributed by atoms with Gasteiger partial charge in [0.1, 0.15) is 0 Å². The fourth-order valence-corrected chi connectivity index (χ4v) is 5.73. The summed E-state index contributed by atoms with van der Waals surface area (Å²) < 4.78 is 23.3. The van der Waals surface area contributed by atoms with Crippen LogP contribution in [0, 0.1) is 0 Å². The molecule has 0 radical (unpaired) electrons. The van der Waals surface area contributed by atoms with Crippen LogP contribution >= 0.6 is 7.82 Å². The number of unbranched alkanes of at least 4 members (excludes halogenated alkanes) is 17. The predicted octanol–water partition coefficient (Wildman–Crippen LogP) is 7.77. The van der Waals surface area contributed by atoms with Crippen LogP contribution < -0.4 is 4.89 Å². The third kappa shape index (κ3) is 19.0. The highest BCUT2D eigenvalue weighted by Gasteiger charge is 2.29. The van der Waals surface area contributed by atoms with Gasteiger partial charge in [-0.25, -0.2) is 0 Å². The van der Waals surface area contributed by atoms with E-state index in [1.165, 1.54) is 103 Å². The SMILES string of the molecule is CCCCCCCCCCCCCCCCCCCCOP(=O)([O-])OC1CC[N+](C)(C)CC1. The van der Waals surface area contributed by atoms with Crippen LogP contribution in [-0.2, 0) is 13.6 Å². The third-order valence-electron chi connectivity index (χ3n) is 7.14. The van der Waals surface area contributed by atoms with Crippen molar-refractivity contribution < 1.29 is 23.0 Å². The Labute approximate surface area is 206 Å². The molecule has 1 aliphatic rings. The van der Waals surface area contributed by atoms with Gasteiger partial charge >= 0.3 is 0 Å². The second-order valence-electron chi connectivity index (χ2n) is 11.0. The molecule has 1 saturated heterocycles. The second-order valence-corrected chi connectivity index (χ2v) is 12.3. The first kappa shape index (κ1) is 31.1. The van der Waals surface area contributed by atoms with Gasteiger partial charge in [0.05, 0.1) is 39.9 Å². The maximum atomic E-state index is 12.0. The minimum Gasteiger partial charge on any atom is -0.756 e. The van der Waals surface area contributed by atoms with Crippen molar-refractivity contribution in [1.29, 1.82) is 0 Å². The lowest BCUT2D eigenvalue weighted by Crippen LogP contribution is -2.48. The number of phosphoric ester groups is 1. The molecule has 0 saturated carbocycles. The summed E-state index contributed by atoms with van der Waals surface area (Å²) in [5.41, 5.74) is 0. The molecular formula is C27H56NO4P. The monoisotopic (exact) mass is 489 g/mol. The minimum absolute atomic E-state index is 0.209. The zero-order valence-electron chi connectivity index (χ0n) is 22.4. The molecule has 1 rings (SSSR count). The summed E-state index contributed by atoms with van der Waals surface area (Å²) in [5, 5.41) is 0. The van der Waals surface area contributed by atoms with Gasteiger partial charge in [-0.05, 0) is 6.42 Å². The minimum atomic E-state index is -4.15. The average molecular weight is 490 g/mol. The van der Waals surface area contributed by atoms with Crippen molar-refractivity contribution in [2.24, 2.45) is 0 Å².